The van der Waals surface area contributed by atoms with Gasteiger partial charge in [-0.25, -0.2) is 5.43 Å². The van der Waals surface area contributed by atoms with Crippen LogP contribution in [-0.4, -0.2) is 38.8 Å². The van der Waals surface area contributed by atoms with Crippen molar-refractivity contribution in [2.24, 2.45) is 5.10 Å². The van der Waals surface area contributed by atoms with Gasteiger partial charge in [-0.3, -0.25) is 9.59 Å². The average molecular weight is 561 g/mol. The number of hydrogen-bond acceptors (Lipinski definition) is 6. The van der Waals surface area contributed by atoms with E-state index in [4.69, 9.17) is 25.8 Å². The summed E-state index contributed by atoms with van der Waals surface area (Å²) in [5.74, 6) is 0.685. The fraction of sp³-hybridized carbons (Fsp3) is 0.160. The van der Waals surface area contributed by atoms with Crippen LogP contribution >= 0.6 is 27.5 Å². The number of methoxy groups -OCH3 is 2. The molecule has 0 saturated carbocycles. The predicted molar refractivity (Wildman–Crippen MR) is 138 cm³/mol. The van der Waals surface area contributed by atoms with Gasteiger partial charge in [0.15, 0.2) is 11.5 Å². The van der Waals surface area contributed by atoms with Gasteiger partial charge >= 0.3 is 0 Å². The van der Waals surface area contributed by atoms with Crippen molar-refractivity contribution in [3.05, 3.63) is 86.8 Å². The molecular weight excluding hydrogens is 538 g/mol. The lowest BCUT2D eigenvalue weighted by atomic mass is 10.2. The second-order valence-corrected chi connectivity index (χ2v) is 8.44. The lowest BCUT2D eigenvalue weighted by Gasteiger charge is -2.10. The molecule has 2 amide bonds. The average Bonchev–Trinajstić information content (AvgIpc) is 2.87. The minimum absolute atomic E-state index is 0.244. The van der Waals surface area contributed by atoms with Crippen molar-refractivity contribution in [2.75, 3.05) is 20.8 Å². The molecule has 0 radical (unpaired) electrons. The Hall–Kier alpha value is -3.56. The van der Waals surface area contributed by atoms with Crippen molar-refractivity contribution < 1.29 is 23.8 Å². The van der Waals surface area contributed by atoms with Crippen molar-refractivity contribution in [1.82, 2.24) is 10.7 Å². The summed E-state index contributed by atoms with van der Waals surface area (Å²) >= 11 is 9.37. The maximum absolute atomic E-state index is 12.3. The number of rotatable bonds is 10. The molecule has 0 bridgehead atoms. The number of amides is 2. The molecule has 0 atom stereocenters. The summed E-state index contributed by atoms with van der Waals surface area (Å²) in [6.07, 6.45) is 1.49. The van der Waals surface area contributed by atoms with Gasteiger partial charge in [0.2, 0.25) is 0 Å². The summed E-state index contributed by atoms with van der Waals surface area (Å²) in [4.78, 5) is 24.3. The molecule has 0 aliphatic rings. The third-order valence-electron chi connectivity index (χ3n) is 4.72. The van der Waals surface area contributed by atoms with E-state index in [2.05, 4.69) is 31.8 Å². The molecule has 3 rings (SSSR count). The van der Waals surface area contributed by atoms with E-state index < -0.39 is 11.8 Å². The maximum Gasteiger partial charge on any atom is 0.259 e. The molecule has 0 fully saturated rings. The van der Waals surface area contributed by atoms with Crippen LogP contribution in [0.2, 0.25) is 5.02 Å². The highest BCUT2D eigenvalue weighted by molar-refractivity contribution is 9.10. The van der Waals surface area contributed by atoms with Crippen molar-refractivity contribution in [3.63, 3.8) is 0 Å². The van der Waals surface area contributed by atoms with Crippen LogP contribution in [0.3, 0.4) is 0 Å². The molecule has 0 saturated heterocycles. The predicted octanol–water partition coefficient (Wildman–Crippen LogP) is 4.58. The highest BCUT2D eigenvalue weighted by Crippen LogP contribution is 2.28. The Bertz CT molecular complexity index is 1220. The number of nitrogens with zero attached hydrogens (tertiary/aromatic N) is 1. The largest absolute Gasteiger partial charge is 0.493 e. The number of ether oxygens (including phenoxy) is 3. The summed E-state index contributed by atoms with van der Waals surface area (Å²) in [5.41, 5.74) is 4.45. The van der Waals surface area contributed by atoms with Crippen LogP contribution in [0.5, 0.6) is 17.2 Å². The molecule has 3 aromatic carbocycles. The highest BCUT2D eigenvalue weighted by atomic mass is 79.9. The second-order valence-electron chi connectivity index (χ2n) is 7.15. The second kappa shape index (κ2) is 12.8. The first-order valence-electron chi connectivity index (χ1n) is 10.4. The molecule has 8 nitrogen and oxygen atoms in total. The van der Waals surface area contributed by atoms with E-state index in [9.17, 15) is 9.59 Å². The molecule has 0 aliphatic carbocycles. The quantitative estimate of drug-likeness (QED) is 0.279. The van der Waals surface area contributed by atoms with Crippen molar-refractivity contribution in [2.45, 2.75) is 6.61 Å². The summed E-state index contributed by atoms with van der Waals surface area (Å²) in [5, 5.41) is 7.13. The zero-order valence-corrected chi connectivity index (χ0v) is 21.4. The molecular formula is C25H23BrClN3O5. The molecule has 0 spiro atoms. The van der Waals surface area contributed by atoms with E-state index in [-0.39, 0.29) is 6.54 Å². The third kappa shape index (κ3) is 7.73. The third-order valence-corrected chi connectivity index (χ3v) is 5.59. The van der Waals surface area contributed by atoms with Gasteiger partial charge in [0, 0.05) is 10.6 Å². The molecule has 0 aromatic heterocycles. The van der Waals surface area contributed by atoms with Gasteiger partial charge < -0.3 is 19.5 Å². The molecule has 3 aromatic rings. The zero-order valence-electron chi connectivity index (χ0n) is 19.0. The van der Waals surface area contributed by atoms with Gasteiger partial charge in [-0.15, -0.1) is 0 Å². The van der Waals surface area contributed by atoms with Gasteiger partial charge in [-0.1, -0.05) is 23.7 Å². The fourth-order valence-electron chi connectivity index (χ4n) is 2.91. The van der Waals surface area contributed by atoms with Crippen LogP contribution in [0, 0.1) is 0 Å². The Kier molecular flexibility index (Phi) is 9.51. The summed E-state index contributed by atoms with van der Waals surface area (Å²) in [7, 11) is 2.98. The summed E-state index contributed by atoms with van der Waals surface area (Å²) < 4.78 is 16.9. The van der Waals surface area contributed by atoms with E-state index in [0.29, 0.717) is 34.4 Å². The van der Waals surface area contributed by atoms with E-state index in [1.165, 1.54) is 26.5 Å². The molecule has 10 heteroatoms. The summed E-state index contributed by atoms with van der Waals surface area (Å²) in [6.45, 7) is 0.153. The number of carbonyl (C=O) groups excluding carboxylic acids is 2. The lowest BCUT2D eigenvalue weighted by molar-refractivity contribution is -0.120. The van der Waals surface area contributed by atoms with E-state index in [0.717, 1.165) is 15.6 Å². The van der Waals surface area contributed by atoms with E-state index in [1.807, 2.05) is 30.3 Å². The minimum atomic E-state index is -0.475. The molecule has 0 unspecified atom stereocenters. The molecule has 35 heavy (non-hydrogen) atoms. The number of hydrogen-bond donors (Lipinski definition) is 2. The fourth-order valence-corrected chi connectivity index (χ4v) is 3.55. The Morgan fingerprint density at radius 3 is 2.37 bits per heavy atom. The SMILES string of the molecule is COc1ccc(C(=O)NCC(=O)N/N=C/c2ccc(OCc3ccc(Cl)cc3)c(Br)c2)cc1OC. The smallest absolute Gasteiger partial charge is 0.259 e. The monoisotopic (exact) mass is 559 g/mol. The van der Waals surface area contributed by atoms with Crippen LogP contribution < -0.4 is 25.0 Å². The molecule has 182 valence electrons. The first-order chi connectivity index (χ1) is 16.9. The number of nitrogens with one attached hydrogen (secondary N) is 2. The molecule has 0 heterocycles. The summed E-state index contributed by atoms with van der Waals surface area (Å²) in [6, 6.07) is 17.6. The minimum Gasteiger partial charge on any atom is -0.493 e. The van der Waals surface area contributed by atoms with Gasteiger partial charge in [-0.05, 0) is 75.6 Å². The van der Waals surface area contributed by atoms with Gasteiger partial charge in [-0.2, -0.15) is 5.10 Å². The number of halogens is 2. The van der Waals surface area contributed by atoms with E-state index in [1.54, 1.807) is 24.3 Å². The van der Waals surface area contributed by atoms with Crippen molar-refractivity contribution in [1.29, 1.82) is 0 Å². The van der Waals surface area contributed by atoms with E-state index >= 15 is 0 Å². The van der Waals surface area contributed by atoms with Crippen molar-refractivity contribution >= 4 is 45.6 Å². The van der Waals surface area contributed by atoms with Gasteiger partial charge in [0.25, 0.3) is 11.8 Å². The van der Waals surface area contributed by atoms with Crippen molar-refractivity contribution in [3.8, 4) is 17.2 Å². The van der Waals surface area contributed by atoms with Crippen LogP contribution in [0.25, 0.3) is 0 Å². The topological polar surface area (TPSA) is 98.2 Å². The molecule has 2 N–H and O–H groups in total. The number of benzene rings is 3. The van der Waals surface area contributed by atoms with Crippen LogP contribution in [0.15, 0.2) is 70.2 Å². The number of hydrazone groups is 1. The van der Waals surface area contributed by atoms with Crippen LogP contribution in [0.1, 0.15) is 21.5 Å². The van der Waals surface area contributed by atoms with Gasteiger partial charge in [0.05, 0.1) is 31.5 Å². The zero-order chi connectivity index (χ0) is 25.2. The highest BCUT2D eigenvalue weighted by Gasteiger charge is 2.12. The Labute approximate surface area is 216 Å². The Morgan fingerprint density at radius 1 is 0.971 bits per heavy atom. The first-order valence-corrected chi connectivity index (χ1v) is 11.6. The number of carbonyl (C=O) groups is 2. The maximum atomic E-state index is 12.3. The standard InChI is InChI=1S/C25H23BrClN3O5/c1-33-22-10-6-18(12-23(22)34-2)25(32)28-14-24(31)30-29-13-17-5-9-21(20(26)11-17)35-15-16-3-7-19(27)8-4-16/h3-13H,14-15H2,1-2H3,(H,28,32)(H,30,31)/b29-13+. The first kappa shape index (κ1) is 26.1. The Morgan fingerprint density at radius 2 is 1.69 bits per heavy atom. The lowest BCUT2D eigenvalue weighted by Crippen LogP contribution is -2.34. The van der Waals surface area contributed by atoms with Crippen LogP contribution in [-0.2, 0) is 11.4 Å². The molecule has 0 aliphatic heterocycles. The Balaban J connectivity index is 1.47. The van der Waals surface area contributed by atoms with Gasteiger partial charge in [0.1, 0.15) is 12.4 Å². The normalized spacial score (nSPS) is 10.6. The van der Waals surface area contributed by atoms with Crippen LogP contribution in [0.4, 0.5) is 0 Å².